The maximum absolute atomic E-state index is 11.7. The van der Waals surface area contributed by atoms with Gasteiger partial charge in [-0.15, -0.1) is 0 Å². The van der Waals surface area contributed by atoms with Crippen molar-refractivity contribution in [2.45, 2.75) is 78.1 Å². The van der Waals surface area contributed by atoms with Crippen molar-refractivity contribution in [2.24, 2.45) is 5.41 Å². The largest absolute Gasteiger partial charge is 0.465 e. The van der Waals surface area contributed by atoms with Gasteiger partial charge in [-0.3, -0.25) is 9.59 Å². The molecular weight excluding hydrogens is 268 g/mol. The van der Waals surface area contributed by atoms with Crippen molar-refractivity contribution < 1.29 is 19.1 Å². The number of ether oxygens (including phenoxy) is 2. The Kier molecular flexibility index (Phi) is 8.40. The second kappa shape index (κ2) is 9.80. The third-order valence-corrected chi connectivity index (χ3v) is 3.76. The van der Waals surface area contributed by atoms with Crippen molar-refractivity contribution in [1.82, 2.24) is 0 Å². The Hall–Kier alpha value is -1.06. The summed E-state index contributed by atoms with van der Waals surface area (Å²) in [6.07, 6.45) is 9.80. The Morgan fingerprint density at radius 2 is 1.00 bits per heavy atom. The molecule has 0 saturated carbocycles. The fourth-order valence-electron chi connectivity index (χ4n) is 2.34. The van der Waals surface area contributed by atoms with E-state index in [0.717, 1.165) is 25.7 Å². The Balaban J connectivity index is 2.42. The Labute approximate surface area is 128 Å². The first-order valence-corrected chi connectivity index (χ1v) is 8.31. The highest BCUT2D eigenvalue weighted by Gasteiger charge is 2.22. The molecule has 0 aromatic rings. The summed E-state index contributed by atoms with van der Waals surface area (Å²) in [4.78, 5) is 23.3. The molecule has 1 aliphatic heterocycles. The summed E-state index contributed by atoms with van der Waals surface area (Å²) in [6, 6.07) is 0. The molecular formula is C17H30O4. The van der Waals surface area contributed by atoms with Gasteiger partial charge in [0.2, 0.25) is 0 Å². The van der Waals surface area contributed by atoms with Crippen LogP contribution in [0.25, 0.3) is 0 Å². The third kappa shape index (κ3) is 9.48. The van der Waals surface area contributed by atoms with Gasteiger partial charge in [-0.05, 0) is 12.8 Å². The van der Waals surface area contributed by atoms with Crippen LogP contribution in [0, 0.1) is 5.41 Å². The fourth-order valence-corrected chi connectivity index (χ4v) is 2.34. The lowest BCUT2D eigenvalue weighted by Gasteiger charge is -2.23. The zero-order valence-electron chi connectivity index (χ0n) is 13.6. The van der Waals surface area contributed by atoms with Crippen LogP contribution in [0.1, 0.15) is 78.1 Å². The molecule has 0 amide bonds. The summed E-state index contributed by atoms with van der Waals surface area (Å²) < 4.78 is 10.6. The zero-order chi connectivity index (χ0) is 15.6. The predicted molar refractivity (Wildman–Crippen MR) is 81.9 cm³/mol. The van der Waals surface area contributed by atoms with Gasteiger partial charge in [0.05, 0.1) is 13.2 Å². The first-order valence-electron chi connectivity index (χ1n) is 8.31. The maximum Gasteiger partial charge on any atom is 0.305 e. The van der Waals surface area contributed by atoms with Gasteiger partial charge in [0.25, 0.3) is 0 Å². The van der Waals surface area contributed by atoms with Crippen molar-refractivity contribution >= 4 is 11.9 Å². The van der Waals surface area contributed by atoms with Crippen molar-refractivity contribution in [2.75, 3.05) is 13.2 Å². The maximum atomic E-state index is 11.7. The van der Waals surface area contributed by atoms with Crippen molar-refractivity contribution in [3.05, 3.63) is 0 Å². The van der Waals surface area contributed by atoms with Gasteiger partial charge in [0.15, 0.2) is 0 Å². The number of rotatable bonds is 0. The fraction of sp³-hybridized carbons (Fsp3) is 0.882. The Bertz CT molecular complexity index is 293. The second-order valence-electron chi connectivity index (χ2n) is 6.81. The molecule has 0 radical (unpaired) electrons. The van der Waals surface area contributed by atoms with E-state index in [4.69, 9.17) is 9.47 Å². The number of cyclic esters (lactones) is 2. The average Bonchev–Trinajstić information content (AvgIpc) is 2.44. The molecule has 1 fully saturated rings. The van der Waals surface area contributed by atoms with E-state index in [0.29, 0.717) is 26.1 Å². The van der Waals surface area contributed by atoms with Gasteiger partial charge in [0.1, 0.15) is 0 Å². The minimum absolute atomic E-state index is 0.140. The number of carbonyl (C=O) groups excluding carboxylic acids is 2. The molecule has 1 aliphatic rings. The molecule has 0 atom stereocenters. The topological polar surface area (TPSA) is 52.6 Å². The van der Waals surface area contributed by atoms with Crippen LogP contribution in [0.5, 0.6) is 0 Å². The molecule has 122 valence electrons. The molecule has 1 rings (SSSR count). The Morgan fingerprint density at radius 3 is 1.38 bits per heavy atom. The van der Waals surface area contributed by atoms with E-state index >= 15 is 0 Å². The first-order chi connectivity index (χ1) is 9.99. The summed E-state index contributed by atoms with van der Waals surface area (Å²) in [5, 5.41) is 0. The van der Waals surface area contributed by atoms with Crippen LogP contribution in [-0.4, -0.2) is 25.2 Å². The summed E-state index contributed by atoms with van der Waals surface area (Å²) >= 11 is 0. The van der Waals surface area contributed by atoms with E-state index in [1.807, 2.05) is 13.8 Å². The number of esters is 2. The molecule has 0 spiro atoms. The molecule has 1 saturated heterocycles. The molecule has 0 bridgehead atoms. The van der Waals surface area contributed by atoms with Crippen LogP contribution < -0.4 is 0 Å². The molecule has 0 N–H and O–H groups in total. The Morgan fingerprint density at radius 1 is 0.667 bits per heavy atom. The van der Waals surface area contributed by atoms with Crippen LogP contribution in [0.2, 0.25) is 0 Å². The molecule has 0 aromatic heterocycles. The summed E-state index contributed by atoms with van der Waals surface area (Å²) in [5.74, 6) is -0.280. The van der Waals surface area contributed by atoms with E-state index in [2.05, 4.69) is 0 Å². The standard InChI is InChI=1S/C17H30O4/c1-17(2)13-20-15(18)11-9-7-5-3-4-6-8-10-12-16(19)21-14-17/h3-14H2,1-2H3. The first kappa shape index (κ1) is 18.0. The van der Waals surface area contributed by atoms with E-state index in [1.165, 1.54) is 25.7 Å². The van der Waals surface area contributed by atoms with Crippen LogP contribution in [0.4, 0.5) is 0 Å². The number of hydrogen-bond donors (Lipinski definition) is 0. The number of hydrogen-bond acceptors (Lipinski definition) is 4. The summed E-state index contributed by atoms with van der Waals surface area (Å²) in [5.41, 5.74) is -0.320. The van der Waals surface area contributed by atoms with Crippen LogP contribution in [0.15, 0.2) is 0 Å². The van der Waals surface area contributed by atoms with Crippen LogP contribution in [0.3, 0.4) is 0 Å². The van der Waals surface area contributed by atoms with E-state index in [-0.39, 0.29) is 17.4 Å². The lowest BCUT2D eigenvalue weighted by molar-refractivity contribution is -0.152. The van der Waals surface area contributed by atoms with Gasteiger partial charge in [-0.1, -0.05) is 52.4 Å². The second-order valence-corrected chi connectivity index (χ2v) is 6.81. The minimum Gasteiger partial charge on any atom is -0.465 e. The monoisotopic (exact) mass is 298 g/mol. The molecule has 0 aromatic carbocycles. The van der Waals surface area contributed by atoms with E-state index < -0.39 is 0 Å². The summed E-state index contributed by atoms with van der Waals surface area (Å²) in [7, 11) is 0. The summed E-state index contributed by atoms with van der Waals surface area (Å²) in [6.45, 7) is 4.50. The minimum atomic E-state index is -0.320. The van der Waals surface area contributed by atoms with Gasteiger partial charge in [-0.25, -0.2) is 0 Å². The molecule has 4 heteroatoms. The van der Waals surface area contributed by atoms with E-state index in [9.17, 15) is 9.59 Å². The van der Waals surface area contributed by atoms with Crippen molar-refractivity contribution in [3.63, 3.8) is 0 Å². The molecule has 4 nitrogen and oxygen atoms in total. The highest BCUT2D eigenvalue weighted by Crippen LogP contribution is 2.18. The molecule has 1 heterocycles. The predicted octanol–water partition coefficient (Wildman–Crippen LogP) is 4.01. The highest BCUT2D eigenvalue weighted by atomic mass is 16.5. The molecule has 0 aliphatic carbocycles. The van der Waals surface area contributed by atoms with Gasteiger partial charge in [0, 0.05) is 18.3 Å². The lowest BCUT2D eigenvalue weighted by Crippen LogP contribution is -2.28. The van der Waals surface area contributed by atoms with Crippen LogP contribution in [-0.2, 0) is 19.1 Å². The third-order valence-electron chi connectivity index (χ3n) is 3.76. The van der Waals surface area contributed by atoms with Gasteiger partial charge >= 0.3 is 11.9 Å². The van der Waals surface area contributed by atoms with Crippen LogP contribution >= 0.6 is 0 Å². The van der Waals surface area contributed by atoms with Gasteiger partial charge in [-0.2, -0.15) is 0 Å². The van der Waals surface area contributed by atoms with E-state index in [1.54, 1.807) is 0 Å². The quantitative estimate of drug-likeness (QED) is 0.634. The molecule has 0 unspecified atom stereocenters. The zero-order valence-corrected chi connectivity index (χ0v) is 13.6. The molecule has 21 heavy (non-hydrogen) atoms. The SMILES string of the molecule is CC1(C)COC(=O)CCCCCCCCCCC(=O)OC1. The smallest absolute Gasteiger partial charge is 0.305 e. The lowest BCUT2D eigenvalue weighted by atomic mass is 9.96. The highest BCUT2D eigenvalue weighted by molar-refractivity contribution is 5.69. The van der Waals surface area contributed by atoms with Gasteiger partial charge < -0.3 is 9.47 Å². The average molecular weight is 298 g/mol. The van der Waals surface area contributed by atoms with Crippen molar-refractivity contribution in [3.8, 4) is 0 Å². The van der Waals surface area contributed by atoms with Crippen molar-refractivity contribution in [1.29, 1.82) is 0 Å². The normalized spacial score (nSPS) is 23.7. The number of carbonyl (C=O) groups is 2.